The summed E-state index contributed by atoms with van der Waals surface area (Å²) >= 11 is 7.81. The first kappa shape index (κ1) is 18.3. The number of carbonyl (C=O) groups is 1. The second kappa shape index (κ2) is 9.30. The Morgan fingerprint density at radius 2 is 1.72 bits per heavy atom. The molecule has 0 aromatic heterocycles. The number of hydrogen-bond acceptors (Lipinski definition) is 2. The van der Waals surface area contributed by atoms with Crippen LogP contribution in [0.25, 0.3) is 0 Å². The number of likely N-dealkylation sites (tertiary alicyclic amines) is 1. The van der Waals surface area contributed by atoms with Gasteiger partial charge in [-0.15, -0.1) is 11.8 Å². The maximum absolute atomic E-state index is 12.4. The Morgan fingerprint density at radius 3 is 2.44 bits per heavy atom. The summed E-state index contributed by atoms with van der Waals surface area (Å²) in [5.74, 6) is 2.28. The van der Waals surface area contributed by atoms with E-state index in [4.69, 9.17) is 11.6 Å². The minimum absolute atomic E-state index is 0.259. The smallest absolute Gasteiger partial charge is 0.232 e. The van der Waals surface area contributed by atoms with E-state index in [-0.39, 0.29) is 5.91 Å². The van der Waals surface area contributed by atoms with Crippen LogP contribution in [0.1, 0.15) is 24.0 Å². The second-order valence-corrected chi connectivity index (χ2v) is 7.99. The zero-order valence-corrected chi connectivity index (χ0v) is 15.9. The molecule has 1 fully saturated rings. The number of amides is 1. The van der Waals surface area contributed by atoms with Crippen LogP contribution in [-0.4, -0.2) is 29.6 Å². The van der Waals surface area contributed by atoms with Gasteiger partial charge in [-0.25, -0.2) is 0 Å². The Balaban J connectivity index is 1.39. The van der Waals surface area contributed by atoms with Gasteiger partial charge < -0.3 is 4.90 Å². The van der Waals surface area contributed by atoms with Crippen LogP contribution < -0.4 is 0 Å². The molecular formula is C21H24ClNOS. The van der Waals surface area contributed by atoms with E-state index in [2.05, 4.69) is 30.3 Å². The molecule has 1 heterocycles. The van der Waals surface area contributed by atoms with Crippen molar-refractivity contribution in [3.05, 3.63) is 70.7 Å². The van der Waals surface area contributed by atoms with Crippen LogP contribution in [0, 0.1) is 5.92 Å². The number of nitrogens with zero attached hydrogens (tertiary/aromatic N) is 1. The van der Waals surface area contributed by atoms with Crippen molar-refractivity contribution in [3.63, 3.8) is 0 Å². The summed E-state index contributed by atoms with van der Waals surface area (Å²) in [6, 6.07) is 18.5. The van der Waals surface area contributed by atoms with E-state index < -0.39 is 0 Å². The molecule has 0 saturated carbocycles. The van der Waals surface area contributed by atoms with Gasteiger partial charge in [0.05, 0.1) is 5.75 Å². The largest absolute Gasteiger partial charge is 0.342 e. The molecule has 0 N–H and O–H groups in total. The van der Waals surface area contributed by atoms with Gasteiger partial charge in [-0.05, 0) is 42.4 Å². The molecule has 1 aliphatic heterocycles. The molecule has 0 spiro atoms. The third kappa shape index (κ3) is 5.52. The second-order valence-electron chi connectivity index (χ2n) is 6.60. The number of hydrogen-bond donors (Lipinski definition) is 0. The SMILES string of the molecule is O=C(CSCc1ccccc1Cl)N1CCC(Cc2ccccc2)CC1. The van der Waals surface area contributed by atoms with E-state index in [1.54, 1.807) is 11.8 Å². The summed E-state index contributed by atoms with van der Waals surface area (Å²) in [4.78, 5) is 14.4. The fourth-order valence-corrected chi connectivity index (χ4v) is 4.50. The third-order valence-corrected chi connectivity index (χ3v) is 6.11. The van der Waals surface area contributed by atoms with Crippen molar-refractivity contribution < 1.29 is 4.79 Å². The molecule has 3 rings (SSSR count). The molecule has 0 aliphatic carbocycles. The highest BCUT2D eigenvalue weighted by Gasteiger charge is 2.22. The third-order valence-electron chi connectivity index (χ3n) is 4.78. The topological polar surface area (TPSA) is 20.3 Å². The normalized spacial score (nSPS) is 15.3. The molecule has 2 aromatic rings. The predicted octanol–water partition coefficient (Wildman–Crippen LogP) is 5.05. The fourth-order valence-electron chi connectivity index (χ4n) is 3.29. The first-order chi connectivity index (χ1) is 12.2. The van der Waals surface area contributed by atoms with Gasteiger partial charge in [0.15, 0.2) is 0 Å². The summed E-state index contributed by atoms with van der Waals surface area (Å²) in [6.45, 7) is 1.78. The van der Waals surface area contributed by atoms with Crippen molar-refractivity contribution >= 4 is 29.3 Å². The molecule has 0 unspecified atom stereocenters. The molecule has 0 bridgehead atoms. The lowest BCUT2D eigenvalue weighted by Crippen LogP contribution is -2.39. The van der Waals surface area contributed by atoms with Crippen molar-refractivity contribution in [1.29, 1.82) is 0 Å². The summed E-state index contributed by atoms with van der Waals surface area (Å²) < 4.78 is 0. The lowest BCUT2D eigenvalue weighted by Gasteiger charge is -2.32. The summed E-state index contributed by atoms with van der Waals surface area (Å²) in [7, 11) is 0. The maximum atomic E-state index is 12.4. The Kier molecular flexibility index (Phi) is 6.83. The van der Waals surface area contributed by atoms with Gasteiger partial charge in [0, 0.05) is 23.9 Å². The van der Waals surface area contributed by atoms with Crippen molar-refractivity contribution in [2.45, 2.75) is 25.0 Å². The molecule has 0 radical (unpaired) electrons. The Morgan fingerprint density at radius 1 is 1.04 bits per heavy atom. The number of benzene rings is 2. The molecule has 132 valence electrons. The molecular weight excluding hydrogens is 350 g/mol. The number of thioether (sulfide) groups is 1. The Bertz CT molecular complexity index is 683. The van der Waals surface area contributed by atoms with E-state index in [0.29, 0.717) is 11.7 Å². The highest BCUT2D eigenvalue weighted by molar-refractivity contribution is 7.99. The molecule has 2 aromatic carbocycles. The zero-order chi connectivity index (χ0) is 17.5. The van der Waals surface area contributed by atoms with Crippen molar-refractivity contribution in [3.8, 4) is 0 Å². The molecule has 4 heteroatoms. The van der Waals surface area contributed by atoms with E-state index in [0.717, 1.165) is 48.7 Å². The molecule has 1 aliphatic rings. The van der Waals surface area contributed by atoms with Crippen molar-refractivity contribution in [2.24, 2.45) is 5.92 Å². The van der Waals surface area contributed by atoms with Crippen LogP contribution >= 0.6 is 23.4 Å². The minimum atomic E-state index is 0.259. The average molecular weight is 374 g/mol. The Hall–Kier alpha value is -1.45. The van der Waals surface area contributed by atoms with E-state index in [9.17, 15) is 4.79 Å². The predicted molar refractivity (Wildman–Crippen MR) is 107 cm³/mol. The van der Waals surface area contributed by atoms with Crippen LogP contribution in [0.5, 0.6) is 0 Å². The van der Waals surface area contributed by atoms with Crippen molar-refractivity contribution in [2.75, 3.05) is 18.8 Å². The van der Waals surface area contributed by atoms with E-state index >= 15 is 0 Å². The van der Waals surface area contributed by atoms with Gasteiger partial charge >= 0.3 is 0 Å². The van der Waals surface area contributed by atoms with Gasteiger partial charge in [0.25, 0.3) is 0 Å². The number of carbonyl (C=O) groups excluding carboxylic acids is 1. The standard InChI is InChI=1S/C21H24ClNOS/c22-20-9-5-4-8-19(20)15-25-16-21(24)23-12-10-18(11-13-23)14-17-6-2-1-3-7-17/h1-9,18H,10-16H2. The summed E-state index contributed by atoms with van der Waals surface area (Å²) in [5, 5.41) is 0.782. The molecule has 25 heavy (non-hydrogen) atoms. The Labute approximate surface area is 159 Å². The van der Waals surface area contributed by atoms with E-state index in [1.807, 2.05) is 29.2 Å². The molecule has 1 saturated heterocycles. The quantitative estimate of drug-likeness (QED) is 0.705. The first-order valence-electron chi connectivity index (χ1n) is 8.85. The lowest BCUT2D eigenvalue weighted by molar-refractivity contribution is -0.129. The van der Waals surface area contributed by atoms with Crippen LogP contribution in [0.3, 0.4) is 0 Å². The lowest BCUT2D eigenvalue weighted by atomic mass is 9.90. The van der Waals surface area contributed by atoms with E-state index in [1.165, 1.54) is 5.56 Å². The zero-order valence-electron chi connectivity index (χ0n) is 14.4. The highest BCUT2D eigenvalue weighted by atomic mass is 35.5. The number of halogens is 1. The van der Waals surface area contributed by atoms with Crippen molar-refractivity contribution in [1.82, 2.24) is 4.90 Å². The molecule has 2 nitrogen and oxygen atoms in total. The summed E-state index contributed by atoms with van der Waals surface area (Å²) in [5.41, 5.74) is 2.51. The maximum Gasteiger partial charge on any atom is 0.232 e. The molecule has 1 amide bonds. The average Bonchev–Trinajstić information content (AvgIpc) is 2.65. The summed E-state index contributed by atoms with van der Waals surface area (Å²) in [6.07, 6.45) is 3.34. The van der Waals surface area contributed by atoms with Crippen LogP contribution in [0.4, 0.5) is 0 Å². The van der Waals surface area contributed by atoms with Gasteiger partial charge in [-0.3, -0.25) is 4.79 Å². The number of piperidine rings is 1. The molecule has 0 atom stereocenters. The van der Waals surface area contributed by atoms with Gasteiger partial charge in [0.1, 0.15) is 0 Å². The first-order valence-corrected chi connectivity index (χ1v) is 10.4. The van der Waals surface area contributed by atoms with Crippen LogP contribution in [0.15, 0.2) is 54.6 Å². The minimum Gasteiger partial charge on any atom is -0.342 e. The number of rotatable bonds is 6. The van der Waals surface area contributed by atoms with Gasteiger partial charge in [-0.1, -0.05) is 60.1 Å². The monoisotopic (exact) mass is 373 g/mol. The van der Waals surface area contributed by atoms with Gasteiger partial charge in [-0.2, -0.15) is 0 Å². The van der Waals surface area contributed by atoms with Gasteiger partial charge in [0.2, 0.25) is 5.91 Å². The van der Waals surface area contributed by atoms with Crippen LogP contribution in [-0.2, 0) is 17.0 Å². The highest BCUT2D eigenvalue weighted by Crippen LogP contribution is 2.24. The van der Waals surface area contributed by atoms with Crippen LogP contribution in [0.2, 0.25) is 5.02 Å². The fraction of sp³-hybridized carbons (Fsp3) is 0.381.